The van der Waals surface area contributed by atoms with E-state index in [4.69, 9.17) is 4.74 Å². The normalized spacial score (nSPS) is 30.6. The Balaban J connectivity index is 2.08. The Hall–Kier alpha value is -1.00. The van der Waals surface area contributed by atoms with Gasteiger partial charge in [-0.3, -0.25) is 9.69 Å². The number of methoxy groups -OCH3 is 1. The lowest BCUT2D eigenvalue weighted by Crippen LogP contribution is -2.75. The molecule has 0 radical (unpaired) electrons. The quantitative estimate of drug-likeness (QED) is 0.751. The number of rotatable bonds is 2. The molecule has 1 aromatic rings. The van der Waals surface area contributed by atoms with Crippen LogP contribution >= 0.6 is 11.8 Å². The van der Waals surface area contributed by atoms with Crippen LogP contribution in [0.5, 0.6) is 0 Å². The van der Waals surface area contributed by atoms with Gasteiger partial charge in [-0.2, -0.15) is 0 Å². The summed E-state index contributed by atoms with van der Waals surface area (Å²) in [6.45, 7) is 0. The fraction of sp³-hybridized carbons (Fsp3) is 0.462. The average Bonchev–Trinajstić information content (AvgIpc) is 2.36. The SMILES string of the molecule is COC1C(=O)N2c3ccccc3CCC12SC. The average molecular weight is 249 g/mol. The Morgan fingerprint density at radius 1 is 1.47 bits per heavy atom. The van der Waals surface area contributed by atoms with Crippen LogP contribution in [0, 0.1) is 0 Å². The van der Waals surface area contributed by atoms with E-state index in [2.05, 4.69) is 12.3 Å². The minimum atomic E-state index is -0.286. The van der Waals surface area contributed by atoms with E-state index in [1.165, 1.54) is 5.56 Å². The number of β-lactam (4-membered cyclic amide) rings is 1. The predicted molar refractivity (Wildman–Crippen MR) is 69.3 cm³/mol. The number of anilines is 1. The van der Waals surface area contributed by atoms with E-state index in [1.54, 1.807) is 18.9 Å². The van der Waals surface area contributed by atoms with Gasteiger partial charge < -0.3 is 4.74 Å². The van der Waals surface area contributed by atoms with Crippen LogP contribution < -0.4 is 4.90 Å². The van der Waals surface area contributed by atoms with Crippen LogP contribution in [-0.2, 0) is 16.0 Å². The third-order valence-corrected chi connectivity index (χ3v) is 5.11. The van der Waals surface area contributed by atoms with Crippen molar-refractivity contribution in [2.45, 2.75) is 23.8 Å². The first kappa shape index (κ1) is 11.1. The number of para-hydroxylation sites is 1. The van der Waals surface area contributed by atoms with Crippen LogP contribution in [0.4, 0.5) is 5.69 Å². The molecule has 17 heavy (non-hydrogen) atoms. The summed E-state index contributed by atoms with van der Waals surface area (Å²) in [4.78, 5) is 13.9. The summed E-state index contributed by atoms with van der Waals surface area (Å²) < 4.78 is 5.37. The molecule has 2 unspecified atom stereocenters. The van der Waals surface area contributed by atoms with Crippen LogP contribution in [0.25, 0.3) is 0 Å². The zero-order chi connectivity index (χ0) is 12.0. The molecule has 1 amide bonds. The van der Waals surface area contributed by atoms with Crippen LogP contribution in [-0.4, -0.2) is 30.2 Å². The zero-order valence-corrected chi connectivity index (χ0v) is 10.8. The van der Waals surface area contributed by atoms with E-state index in [1.807, 2.05) is 23.1 Å². The Labute approximate surface area is 105 Å². The second kappa shape index (κ2) is 3.75. The maximum Gasteiger partial charge on any atom is 0.260 e. The molecular weight excluding hydrogens is 234 g/mol. The second-order valence-corrected chi connectivity index (χ2v) is 5.58. The summed E-state index contributed by atoms with van der Waals surface area (Å²) in [5.41, 5.74) is 2.33. The van der Waals surface area contributed by atoms with Crippen molar-refractivity contribution < 1.29 is 9.53 Å². The molecule has 1 fully saturated rings. The van der Waals surface area contributed by atoms with E-state index >= 15 is 0 Å². The fourth-order valence-electron chi connectivity index (χ4n) is 2.95. The molecule has 3 nitrogen and oxygen atoms in total. The van der Waals surface area contributed by atoms with E-state index in [9.17, 15) is 4.79 Å². The minimum Gasteiger partial charge on any atom is -0.368 e. The molecule has 2 heterocycles. The smallest absolute Gasteiger partial charge is 0.260 e. The van der Waals surface area contributed by atoms with Crippen molar-refractivity contribution in [3.05, 3.63) is 29.8 Å². The monoisotopic (exact) mass is 249 g/mol. The number of nitrogens with zero attached hydrogens (tertiary/aromatic N) is 1. The van der Waals surface area contributed by atoms with Crippen molar-refractivity contribution in [2.75, 3.05) is 18.3 Å². The fourth-order valence-corrected chi connectivity index (χ4v) is 4.04. The van der Waals surface area contributed by atoms with Gasteiger partial charge in [-0.05, 0) is 30.7 Å². The zero-order valence-electron chi connectivity index (χ0n) is 9.97. The van der Waals surface area contributed by atoms with Crippen LogP contribution in [0.3, 0.4) is 0 Å². The Bertz CT molecular complexity index is 476. The molecule has 0 aromatic heterocycles. The van der Waals surface area contributed by atoms with Crippen molar-refractivity contribution in [2.24, 2.45) is 0 Å². The van der Waals surface area contributed by atoms with Gasteiger partial charge in [0, 0.05) is 12.8 Å². The molecule has 0 N–H and O–H groups in total. The molecule has 0 saturated carbocycles. The maximum atomic E-state index is 12.1. The summed E-state index contributed by atoms with van der Waals surface area (Å²) in [6.07, 6.45) is 3.75. The van der Waals surface area contributed by atoms with Crippen molar-refractivity contribution in [3.63, 3.8) is 0 Å². The first-order valence-corrected chi connectivity index (χ1v) is 6.97. The summed E-state index contributed by atoms with van der Waals surface area (Å²) >= 11 is 1.72. The molecule has 0 bridgehead atoms. The van der Waals surface area contributed by atoms with Gasteiger partial charge in [0.2, 0.25) is 0 Å². The van der Waals surface area contributed by atoms with Gasteiger partial charge in [0.25, 0.3) is 5.91 Å². The Kier molecular flexibility index (Phi) is 2.45. The number of aryl methyl sites for hydroxylation is 1. The topological polar surface area (TPSA) is 29.5 Å². The standard InChI is InChI=1S/C13H15NO2S/c1-16-11-12(15)14-10-6-4-3-5-9(10)7-8-13(11,14)17-2/h3-6,11H,7-8H2,1-2H3. The number of hydrogen-bond acceptors (Lipinski definition) is 3. The molecule has 0 aliphatic carbocycles. The highest BCUT2D eigenvalue weighted by Gasteiger charge is 2.62. The molecule has 0 spiro atoms. The van der Waals surface area contributed by atoms with E-state index in [-0.39, 0.29) is 16.9 Å². The van der Waals surface area contributed by atoms with E-state index < -0.39 is 0 Å². The van der Waals surface area contributed by atoms with Crippen molar-refractivity contribution in [3.8, 4) is 0 Å². The maximum absolute atomic E-state index is 12.1. The third-order valence-electron chi connectivity index (χ3n) is 3.81. The van der Waals surface area contributed by atoms with Crippen LogP contribution in [0.15, 0.2) is 24.3 Å². The molecule has 1 aromatic carbocycles. The number of amides is 1. The first-order valence-electron chi connectivity index (χ1n) is 5.74. The highest BCUT2D eigenvalue weighted by atomic mass is 32.2. The van der Waals surface area contributed by atoms with Crippen LogP contribution in [0.1, 0.15) is 12.0 Å². The number of thioether (sulfide) groups is 1. The van der Waals surface area contributed by atoms with E-state index in [0.717, 1.165) is 18.5 Å². The Morgan fingerprint density at radius 2 is 2.24 bits per heavy atom. The number of benzene rings is 1. The lowest BCUT2D eigenvalue weighted by Gasteiger charge is -2.58. The molecule has 1 saturated heterocycles. The number of ether oxygens (including phenoxy) is 1. The van der Waals surface area contributed by atoms with Gasteiger partial charge in [-0.25, -0.2) is 0 Å². The molecule has 4 heteroatoms. The largest absolute Gasteiger partial charge is 0.368 e. The molecule has 2 atom stereocenters. The third kappa shape index (κ3) is 1.25. The summed E-state index contributed by atoms with van der Waals surface area (Å²) in [5, 5.41) is 0. The van der Waals surface area contributed by atoms with Gasteiger partial charge in [0.15, 0.2) is 6.10 Å². The van der Waals surface area contributed by atoms with Crippen molar-refractivity contribution in [1.29, 1.82) is 0 Å². The van der Waals surface area contributed by atoms with Gasteiger partial charge in [-0.15, -0.1) is 11.8 Å². The van der Waals surface area contributed by atoms with Crippen molar-refractivity contribution in [1.82, 2.24) is 0 Å². The first-order chi connectivity index (χ1) is 8.24. The summed E-state index contributed by atoms with van der Waals surface area (Å²) in [6, 6.07) is 8.15. The van der Waals surface area contributed by atoms with E-state index in [0.29, 0.717) is 0 Å². The molecule has 2 aliphatic heterocycles. The number of fused-ring (bicyclic) bond motifs is 3. The van der Waals surface area contributed by atoms with Crippen molar-refractivity contribution >= 4 is 23.4 Å². The Morgan fingerprint density at radius 3 is 2.94 bits per heavy atom. The predicted octanol–water partition coefficient (Wildman–Crippen LogP) is 2.05. The number of hydrogen-bond donors (Lipinski definition) is 0. The molecular formula is C13H15NO2S. The number of carbonyl (C=O) groups is 1. The highest BCUT2D eigenvalue weighted by molar-refractivity contribution is 8.00. The lowest BCUT2D eigenvalue weighted by atomic mass is 9.84. The van der Waals surface area contributed by atoms with Gasteiger partial charge >= 0.3 is 0 Å². The highest BCUT2D eigenvalue weighted by Crippen LogP contribution is 2.52. The van der Waals surface area contributed by atoms with Gasteiger partial charge in [-0.1, -0.05) is 18.2 Å². The van der Waals surface area contributed by atoms with Crippen LogP contribution in [0.2, 0.25) is 0 Å². The molecule has 3 rings (SSSR count). The molecule has 2 aliphatic rings. The minimum absolute atomic E-state index is 0.0917. The van der Waals surface area contributed by atoms with Gasteiger partial charge in [0.05, 0.1) is 0 Å². The summed E-state index contributed by atoms with van der Waals surface area (Å²) in [7, 11) is 1.62. The molecule has 90 valence electrons. The second-order valence-electron chi connectivity index (χ2n) is 4.47. The van der Waals surface area contributed by atoms with Gasteiger partial charge in [0.1, 0.15) is 4.87 Å². The lowest BCUT2D eigenvalue weighted by molar-refractivity contribution is -0.142. The number of carbonyl (C=O) groups excluding carboxylic acids is 1. The summed E-state index contributed by atoms with van der Waals surface area (Å²) in [5.74, 6) is 0.0917.